The summed E-state index contributed by atoms with van der Waals surface area (Å²) in [6.45, 7) is 1.71. The summed E-state index contributed by atoms with van der Waals surface area (Å²) in [6.07, 6.45) is -9.58. The first-order valence-corrected chi connectivity index (χ1v) is 10.1. The molecule has 0 unspecified atom stereocenters. The van der Waals surface area contributed by atoms with Gasteiger partial charge in [0.2, 0.25) is 0 Å². The lowest BCUT2D eigenvalue weighted by Gasteiger charge is -2.14. The maximum atomic E-state index is 13.9. The Kier molecular flexibility index (Phi) is 5.91. The molecule has 0 saturated heterocycles. The molecule has 35 heavy (non-hydrogen) atoms. The number of hydrogen-bond donors (Lipinski definition) is 1. The van der Waals surface area contributed by atoms with Gasteiger partial charge in [0.25, 0.3) is 0 Å². The van der Waals surface area contributed by atoms with Gasteiger partial charge in [0.1, 0.15) is 0 Å². The number of nitrogens with zero attached hydrogens (tertiary/aromatic N) is 4. The zero-order chi connectivity index (χ0) is 25.5. The molecule has 0 bridgehead atoms. The first-order chi connectivity index (χ1) is 16.3. The van der Waals surface area contributed by atoms with Crippen molar-refractivity contribution in [2.75, 3.05) is 5.73 Å². The normalized spacial score (nSPS) is 12.2. The fourth-order valence-electron chi connectivity index (χ4n) is 3.54. The summed E-state index contributed by atoms with van der Waals surface area (Å²) in [7, 11) is 0. The average molecular weight is 493 g/mol. The Balaban J connectivity index is 1.76. The number of nitrogens with two attached hydrogens (primary N) is 1. The van der Waals surface area contributed by atoms with E-state index in [0.29, 0.717) is 22.0 Å². The van der Waals surface area contributed by atoms with Gasteiger partial charge in [-0.3, -0.25) is 0 Å². The molecule has 4 rings (SSSR count). The summed E-state index contributed by atoms with van der Waals surface area (Å²) in [4.78, 5) is 12.8. The lowest BCUT2D eigenvalue weighted by Crippen LogP contribution is -2.26. The van der Waals surface area contributed by atoms with E-state index in [1.807, 2.05) is 0 Å². The molecule has 182 valence electrons. The molecule has 0 atom stereocenters. The van der Waals surface area contributed by atoms with Crippen molar-refractivity contribution in [2.24, 2.45) is 0 Å². The highest BCUT2D eigenvalue weighted by Gasteiger charge is 2.36. The van der Waals surface area contributed by atoms with Crippen molar-refractivity contribution in [3.8, 4) is 16.8 Å². The molecule has 0 spiro atoms. The van der Waals surface area contributed by atoms with Crippen molar-refractivity contribution >= 4 is 5.69 Å². The predicted octanol–water partition coefficient (Wildman–Crippen LogP) is 5.07. The van der Waals surface area contributed by atoms with Crippen LogP contribution >= 0.6 is 0 Å². The molecule has 4 aromatic rings. The van der Waals surface area contributed by atoms with Crippen LogP contribution in [0.1, 0.15) is 22.3 Å². The first kappa shape index (κ1) is 24.0. The van der Waals surface area contributed by atoms with Gasteiger partial charge >= 0.3 is 18.0 Å². The zero-order valence-electron chi connectivity index (χ0n) is 18.0. The summed E-state index contributed by atoms with van der Waals surface area (Å²) >= 11 is 0. The van der Waals surface area contributed by atoms with Gasteiger partial charge in [0.05, 0.1) is 23.4 Å². The minimum atomic E-state index is -4.93. The van der Waals surface area contributed by atoms with Crippen molar-refractivity contribution in [2.45, 2.75) is 25.8 Å². The molecule has 0 radical (unpaired) electrons. The van der Waals surface area contributed by atoms with Gasteiger partial charge in [-0.2, -0.15) is 35.7 Å². The Morgan fingerprint density at radius 3 is 2.23 bits per heavy atom. The Hall–Kier alpha value is -4.09. The largest absolute Gasteiger partial charge is 0.418 e. The van der Waals surface area contributed by atoms with Crippen LogP contribution in [-0.2, 0) is 18.9 Å². The number of aryl methyl sites for hydroxylation is 1. The highest BCUT2D eigenvalue weighted by molar-refractivity contribution is 5.67. The van der Waals surface area contributed by atoms with Crippen LogP contribution in [0.3, 0.4) is 0 Å². The maximum absolute atomic E-state index is 13.9. The van der Waals surface area contributed by atoms with E-state index < -0.39 is 34.9 Å². The first-order valence-electron chi connectivity index (χ1n) is 10.1. The quantitative estimate of drug-likeness (QED) is 0.318. The lowest BCUT2D eigenvalue weighted by atomic mass is 9.99. The number of anilines is 1. The number of aromatic nitrogens is 4. The summed E-state index contributed by atoms with van der Waals surface area (Å²) < 4.78 is 82.2. The minimum absolute atomic E-state index is 0.0520. The molecule has 0 aliphatic heterocycles. The number of alkyl halides is 6. The molecular formula is C23H17F6N5O. The number of tetrazole rings is 1. The van der Waals surface area contributed by atoms with Gasteiger partial charge < -0.3 is 5.73 Å². The molecule has 1 heterocycles. The zero-order valence-corrected chi connectivity index (χ0v) is 18.0. The molecule has 0 saturated carbocycles. The molecule has 6 nitrogen and oxygen atoms in total. The Bertz CT molecular complexity index is 1450. The Morgan fingerprint density at radius 1 is 0.857 bits per heavy atom. The molecule has 0 fully saturated rings. The molecule has 12 heteroatoms. The highest BCUT2D eigenvalue weighted by atomic mass is 19.4. The van der Waals surface area contributed by atoms with Crippen molar-refractivity contribution in [1.29, 1.82) is 0 Å². The topological polar surface area (TPSA) is 78.7 Å². The third kappa shape index (κ3) is 4.91. The summed E-state index contributed by atoms with van der Waals surface area (Å²) in [6, 6.07) is 11.8. The van der Waals surface area contributed by atoms with Gasteiger partial charge in [-0.1, -0.05) is 30.3 Å². The van der Waals surface area contributed by atoms with Crippen molar-refractivity contribution in [1.82, 2.24) is 19.8 Å². The van der Waals surface area contributed by atoms with E-state index in [2.05, 4.69) is 10.4 Å². The summed E-state index contributed by atoms with van der Waals surface area (Å²) in [5.41, 5.74) is 3.78. The van der Waals surface area contributed by atoms with E-state index in [-0.39, 0.29) is 17.7 Å². The molecule has 0 amide bonds. The smallest absolute Gasteiger partial charge is 0.399 e. The second kappa shape index (κ2) is 8.60. The number of nitrogen functional groups attached to an aromatic ring is 1. The van der Waals surface area contributed by atoms with Gasteiger partial charge in [0.15, 0.2) is 0 Å². The molecular weight excluding hydrogens is 476 g/mol. The van der Waals surface area contributed by atoms with Gasteiger partial charge in [-0.15, -0.1) is 0 Å². The van der Waals surface area contributed by atoms with E-state index in [1.165, 1.54) is 12.1 Å². The van der Waals surface area contributed by atoms with Crippen molar-refractivity contribution in [3.05, 3.63) is 93.4 Å². The highest BCUT2D eigenvalue weighted by Crippen LogP contribution is 2.37. The summed E-state index contributed by atoms with van der Waals surface area (Å²) in [5.74, 6) is 0. The Morgan fingerprint density at radius 2 is 1.57 bits per heavy atom. The minimum Gasteiger partial charge on any atom is -0.399 e. The number of benzene rings is 3. The van der Waals surface area contributed by atoms with E-state index >= 15 is 0 Å². The number of halogens is 6. The monoisotopic (exact) mass is 493 g/mol. The van der Waals surface area contributed by atoms with Gasteiger partial charge in [-0.25, -0.2) is 4.79 Å². The number of rotatable bonds is 4. The molecule has 1 aromatic heterocycles. The van der Waals surface area contributed by atoms with Crippen LogP contribution in [0.4, 0.5) is 32.0 Å². The van der Waals surface area contributed by atoms with Gasteiger partial charge in [0, 0.05) is 5.69 Å². The lowest BCUT2D eigenvalue weighted by molar-refractivity contribution is -0.138. The van der Waals surface area contributed by atoms with Crippen LogP contribution in [0, 0.1) is 6.92 Å². The predicted molar refractivity (Wildman–Crippen MR) is 116 cm³/mol. The van der Waals surface area contributed by atoms with E-state index in [9.17, 15) is 31.1 Å². The fraction of sp³-hybridized carbons (Fsp3) is 0.174. The van der Waals surface area contributed by atoms with Crippen LogP contribution in [0.25, 0.3) is 16.8 Å². The third-order valence-corrected chi connectivity index (χ3v) is 5.36. The van der Waals surface area contributed by atoms with E-state index in [1.54, 1.807) is 25.1 Å². The average Bonchev–Trinajstić information content (AvgIpc) is 3.14. The van der Waals surface area contributed by atoms with Crippen LogP contribution in [-0.4, -0.2) is 19.8 Å². The van der Waals surface area contributed by atoms with Crippen LogP contribution in [0.2, 0.25) is 0 Å². The van der Waals surface area contributed by atoms with E-state index in [4.69, 9.17) is 5.73 Å². The molecule has 3 aromatic carbocycles. The number of hydrogen-bond acceptors (Lipinski definition) is 4. The van der Waals surface area contributed by atoms with Crippen molar-refractivity contribution in [3.63, 3.8) is 0 Å². The van der Waals surface area contributed by atoms with Gasteiger partial charge in [-0.05, 0) is 69.9 Å². The molecule has 2 N–H and O–H groups in total. The van der Waals surface area contributed by atoms with E-state index in [0.717, 1.165) is 34.5 Å². The Labute approximate surface area is 194 Å². The second-order valence-electron chi connectivity index (χ2n) is 7.83. The SMILES string of the molecule is Cc1cc(Cn2nnn(-c3ccc(-c4cccc(C(F)(F)F)c4)cc3C(F)(F)F)c2=O)ccc1N. The fourth-order valence-corrected chi connectivity index (χ4v) is 3.54. The maximum Gasteiger partial charge on any atom is 0.418 e. The van der Waals surface area contributed by atoms with Crippen LogP contribution < -0.4 is 11.4 Å². The second-order valence-corrected chi connectivity index (χ2v) is 7.83. The molecule has 0 aliphatic rings. The standard InChI is InChI=1S/C23H17F6N5O/c1-13-9-14(5-7-19(13)30)12-33-21(35)34(32-31-33)20-8-6-16(11-18(20)23(27,28)29)15-3-2-4-17(10-15)22(24,25)26/h2-11H,12,30H2,1H3. The third-order valence-electron chi connectivity index (χ3n) is 5.36. The molecule has 0 aliphatic carbocycles. The summed E-state index contributed by atoms with van der Waals surface area (Å²) in [5, 5.41) is 7.26. The van der Waals surface area contributed by atoms with Crippen LogP contribution in [0.15, 0.2) is 65.5 Å². The van der Waals surface area contributed by atoms with Crippen LogP contribution in [0.5, 0.6) is 0 Å². The van der Waals surface area contributed by atoms with Crippen molar-refractivity contribution < 1.29 is 26.3 Å².